The second kappa shape index (κ2) is 19.0. The zero-order valence-electron chi connectivity index (χ0n) is 24.2. The molecule has 2 radical (unpaired) electrons. The number of esters is 2. The predicted molar refractivity (Wildman–Crippen MR) is 147 cm³/mol. The van der Waals surface area contributed by atoms with E-state index in [4.69, 9.17) is 19.5 Å². The Bertz CT molecular complexity index is 1140. The topological polar surface area (TPSA) is 169 Å². The molecule has 0 bridgehead atoms. The van der Waals surface area contributed by atoms with Crippen molar-refractivity contribution in [3.63, 3.8) is 0 Å². The van der Waals surface area contributed by atoms with E-state index in [9.17, 15) is 24.3 Å². The SMILES string of the molecule is CCOC(=O)[C@H](C)N.CCOC(=O)[C@H](C)NP(=O)(Oc1ccc([N+](=O)[O-])cc1)Oc1ccc(C(C)(C)C)cc1.[V].[V]. The van der Waals surface area contributed by atoms with Gasteiger partial charge in [-0.1, -0.05) is 32.9 Å². The van der Waals surface area contributed by atoms with Gasteiger partial charge in [-0.3, -0.25) is 19.7 Å². The van der Waals surface area contributed by atoms with Crippen molar-refractivity contribution in [1.29, 1.82) is 0 Å². The van der Waals surface area contributed by atoms with Crippen molar-refractivity contribution in [3.05, 3.63) is 64.2 Å². The van der Waals surface area contributed by atoms with E-state index in [1.54, 1.807) is 32.9 Å². The third kappa shape index (κ3) is 14.9. The maximum Gasteiger partial charge on any atom is 0.513 e. The molecule has 0 heterocycles. The maximum absolute atomic E-state index is 13.5. The molecule has 0 aliphatic heterocycles. The zero-order valence-corrected chi connectivity index (χ0v) is 27.9. The van der Waals surface area contributed by atoms with E-state index in [1.807, 2.05) is 12.1 Å². The van der Waals surface area contributed by atoms with Crippen molar-refractivity contribution in [1.82, 2.24) is 5.09 Å². The molecule has 0 fully saturated rings. The number of nitro groups is 1. The van der Waals surface area contributed by atoms with Gasteiger partial charge in [-0.2, -0.15) is 5.09 Å². The van der Waals surface area contributed by atoms with Crippen LogP contribution in [-0.2, 0) is 66.2 Å². The second-order valence-corrected chi connectivity index (χ2v) is 11.0. The summed E-state index contributed by atoms with van der Waals surface area (Å²) < 4.78 is 34.1. The normalized spacial score (nSPS) is 13.3. The van der Waals surface area contributed by atoms with Crippen molar-refractivity contribution in [2.75, 3.05) is 13.2 Å². The molecule has 0 aliphatic rings. The van der Waals surface area contributed by atoms with Crippen LogP contribution >= 0.6 is 7.75 Å². The summed E-state index contributed by atoms with van der Waals surface area (Å²) in [6.45, 7) is 13.2. The van der Waals surface area contributed by atoms with Crippen LogP contribution in [0.25, 0.3) is 0 Å². The molecule has 0 aliphatic carbocycles. The van der Waals surface area contributed by atoms with Gasteiger partial charge in [-0.15, -0.1) is 0 Å². The van der Waals surface area contributed by atoms with Gasteiger partial charge >= 0.3 is 19.7 Å². The van der Waals surface area contributed by atoms with Crippen molar-refractivity contribution >= 4 is 25.4 Å². The number of nitrogens with one attached hydrogen (secondary N) is 1. The van der Waals surface area contributed by atoms with Gasteiger partial charge in [0.25, 0.3) is 5.69 Å². The van der Waals surface area contributed by atoms with Gasteiger partial charge in [0.2, 0.25) is 0 Å². The summed E-state index contributed by atoms with van der Waals surface area (Å²) in [5.74, 6) is -0.625. The zero-order chi connectivity index (χ0) is 29.8. The monoisotopic (exact) mass is 669 g/mol. The van der Waals surface area contributed by atoms with Crippen molar-refractivity contribution < 1.29 is 74.7 Å². The van der Waals surface area contributed by atoms with E-state index in [2.05, 4.69) is 30.6 Å². The summed E-state index contributed by atoms with van der Waals surface area (Å²) in [5.41, 5.74) is 5.98. The smallest absolute Gasteiger partial charge is 0.465 e. The standard InChI is InChI=1S/C21H27N2O7P.C5H11NO2.2V/c1-6-28-20(24)15(2)22-31(27,30-19-13-9-17(10-14-19)23(25)26)29-18-11-7-16(8-12-18)21(3,4)5;1-3-8-5(7)4(2)6;;/h7-15H,6H2,1-5H3,(H,22,27);4H,3,6H2,1-2H3;;/t15-,31?;4-;;/m00../s1. The van der Waals surface area contributed by atoms with Crippen LogP contribution in [0, 0.1) is 10.1 Å². The van der Waals surface area contributed by atoms with Crippen LogP contribution in [0.2, 0.25) is 0 Å². The minimum atomic E-state index is -4.11. The first-order chi connectivity index (χ1) is 18.1. The average Bonchev–Trinajstić information content (AvgIpc) is 2.84. The van der Waals surface area contributed by atoms with Gasteiger partial charge < -0.3 is 24.3 Å². The average molecular weight is 669 g/mol. The van der Waals surface area contributed by atoms with Gasteiger partial charge in [-0.25, -0.2) is 4.57 Å². The number of nitrogens with two attached hydrogens (primary N) is 1. The number of carbonyl (C=O) groups excluding carboxylic acids is 2. The maximum atomic E-state index is 13.5. The quantitative estimate of drug-likeness (QED) is 0.145. The first kappa shape index (κ1) is 40.8. The summed E-state index contributed by atoms with van der Waals surface area (Å²) in [4.78, 5) is 32.7. The Kier molecular flexibility index (Phi) is 18.9. The van der Waals surface area contributed by atoms with E-state index in [0.29, 0.717) is 6.61 Å². The fraction of sp³-hybridized carbons (Fsp3) is 0.462. The van der Waals surface area contributed by atoms with Gasteiger partial charge in [-0.05, 0) is 62.9 Å². The number of benzene rings is 2. The summed E-state index contributed by atoms with van der Waals surface area (Å²) >= 11 is 0. The van der Waals surface area contributed by atoms with Crippen LogP contribution < -0.4 is 19.9 Å². The molecule has 2 aromatic rings. The molecule has 41 heavy (non-hydrogen) atoms. The Balaban J connectivity index is 0. The van der Waals surface area contributed by atoms with E-state index >= 15 is 0 Å². The molecule has 0 saturated carbocycles. The Morgan fingerprint density at radius 1 is 0.902 bits per heavy atom. The summed E-state index contributed by atoms with van der Waals surface area (Å²) in [7, 11) is -4.11. The van der Waals surface area contributed by atoms with Gasteiger partial charge in [0.1, 0.15) is 23.6 Å². The van der Waals surface area contributed by atoms with E-state index in [-0.39, 0.29) is 72.3 Å². The van der Waals surface area contributed by atoms with Gasteiger partial charge in [0.05, 0.1) is 18.1 Å². The molecule has 12 nitrogen and oxygen atoms in total. The molecular formula is C26H38N3O9PV2. The number of hydrogen-bond donors (Lipinski definition) is 2. The largest absolute Gasteiger partial charge is 0.513 e. The van der Waals surface area contributed by atoms with E-state index < -0.39 is 30.7 Å². The molecule has 3 atom stereocenters. The first-order valence-corrected chi connectivity index (χ1v) is 13.9. The van der Waals surface area contributed by atoms with Gasteiger partial charge in [0, 0.05) is 49.2 Å². The predicted octanol–water partition coefficient (Wildman–Crippen LogP) is 4.89. The molecule has 0 saturated heterocycles. The Morgan fingerprint density at radius 2 is 1.32 bits per heavy atom. The molecular weight excluding hydrogens is 631 g/mol. The number of rotatable bonds is 11. The number of nitro benzene ring substituents is 1. The van der Waals surface area contributed by atoms with Crippen molar-refractivity contribution in [2.45, 2.75) is 66.0 Å². The first-order valence-electron chi connectivity index (χ1n) is 12.3. The van der Waals surface area contributed by atoms with Crippen LogP contribution in [0.4, 0.5) is 5.69 Å². The third-order valence-corrected chi connectivity index (χ3v) is 6.48. The molecule has 3 N–H and O–H groups in total. The molecule has 1 unspecified atom stereocenters. The summed E-state index contributed by atoms with van der Waals surface area (Å²) in [5, 5.41) is 13.4. The Hall–Kier alpha value is -2.30. The minimum absolute atomic E-state index is 0. The second-order valence-electron chi connectivity index (χ2n) is 9.35. The number of ether oxygens (including phenoxy) is 2. The summed E-state index contributed by atoms with van der Waals surface area (Å²) in [6.07, 6.45) is 0. The van der Waals surface area contributed by atoms with Crippen molar-refractivity contribution in [2.24, 2.45) is 5.73 Å². The molecule has 0 spiro atoms. The summed E-state index contributed by atoms with van der Waals surface area (Å²) in [6, 6.07) is 10.6. The third-order valence-electron chi connectivity index (χ3n) is 4.87. The number of carbonyl (C=O) groups is 2. The molecule has 0 amide bonds. The Labute approximate surface area is 264 Å². The van der Waals surface area contributed by atoms with Crippen molar-refractivity contribution in [3.8, 4) is 11.5 Å². The molecule has 2 rings (SSSR count). The Morgan fingerprint density at radius 3 is 1.66 bits per heavy atom. The minimum Gasteiger partial charge on any atom is -0.465 e. The number of nitrogens with zero attached hydrogens (tertiary/aromatic N) is 1. The fourth-order valence-electron chi connectivity index (χ4n) is 2.82. The number of non-ortho nitro benzene ring substituents is 1. The van der Waals surface area contributed by atoms with Crippen LogP contribution in [0.1, 0.15) is 54.0 Å². The van der Waals surface area contributed by atoms with Crippen LogP contribution in [0.5, 0.6) is 11.5 Å². The van der Waals surface area contributed by atoms with Crippen LogP contribution in [0.3, 0.4) is 0 Å². The molecule has 226 valence electrons. The van der Waals surface area contributed by atoms with Crippen LogP contribution in [0.15, 0.2) is 48.5 Å². The number of hydrogen-bond acceptors (Lipinski definition) is 10. The van der Waals surface area contributed by atoms with Crippen LogP contribution in [-0.4, -0.2) is 42.2 Å². The molecule has 15 heteroatoms. The van der Waals surface area contributed by atoms with E-state index in [1.165, 1.54) is 31.2 Å². The van der Waals surface area contributed by atoms with Gasteiger partial charge in [0.15, 0.2) is 0 Å². The molecule has 2 aromatic carbocycles. The molecule has 0 aromatic heterocycles. The van der Waals surface area contributed by atoms with E-state index in [0.717, 1.165) is 5.56 Å². The fourth-order valence-corrected chi connectivity index (χ4v) is 4.35.